The van der Waals surface area contributed by atoms with Gasteiger partial charge in [0.2, 0.25) is 0 Å². The lowest BCUT2D eigenvalue weighted by atomic mass is 9.72. The maximum atomic E-state index is 5.58. The molecule has 3 unspecified atom stereocenters. The van der Waals surface area contributed by atoms with E-state index in [1.165, 1.54) is 30.5 Å². The third-order valence-electron chi connectivity index (χ3n) is 5.20. The van der Waals surface area contributed by atoms with E-state index >= 15 is 0 Å². The normalized spacial score (nSPS) is 28.8. The Morgan fingerprint density at radius 2 is 2.14 bits per heavy atom. The monoisotopic (exact) mass is 289 g/mol. The maximum Gasteiger partial charge on any atom is 0.122 e. The number of fused-ring (bicyclic) bond motifs is 3. The number of ether oxygens (including phenoxy) is 2. The Morgan fingerprint density at radius 3 is 2.90 bits per heavy atom. The number of likely N-dealkylation sites (tertiary alicyclic amines) is 1. The number of nitrogens with zero attached hydrogens (tertiary/aromatic N) is 1. The average Bonchev–Trinajstić information content (AvgIpc) is 2.51. The van der Waals surface area contributed by atoms with Gasteiger partial charge in [0.15, 0.2) is 0 Å². The second-order valence-corrected chi connectivity index (χ2v) is 6.57. The molecule has 0 bridgehead atoms. The van der Waals surface area contributed by atoms with Crippen LogP contribution in [0.1, 0.15) is 36.8 Å². The van der Waals surface area contributed by atoms with Gasteiger partial charge in [-0.15, -0.1) is 0 Å². The van der Waals surface area contributed by atoms with Crippen LogP contribution in [0.4, 0.5) is 0 Å². The topological polar surface area (TPSA) is 21.7 Å². The van der Waals surface area contributed by atoms with Crippen molar-refractivity contribution in [1.29, 1.82) is 0 Å². The van der Waals surface area contributed by atoms with E-state index in [1.54, 1.807) is 14.2 Å². The lowest BCUT2D eigenvalue weighted by molar-refractivity contribution is 0.0533. The fourth-order valence-electron chi connectivity index (χ4n) is 4.32. The fourth-order valence-corrected chi connectivity index (χ4v) is 4.32. The number of hydrogen-bond acceptors (Lipinski definition) is 3. The molecule has 1 saturated heterocycles. The molecule has 1 aromatic carbocycles. The van der Waals surface area contributed by atoms with Crippen LogP contribution in [0.3, 0.4) is 0 Å². The molecule has 1 heterocycles. The van der Waals surface area contributed by atoms with Crippen LogP contribution in [0, 0.1) is 5.92 Å². The highest BCUT2D eigenvalue weighted by atomic mass is 16.5. The van der Waals surface area contributed by atoms with E-state index in [2.05, 4.69) is 30.0 Å². The van der Waals surface area contributed by atoms with Crippen molar-refractivity contribution >= 4 is 0 Å². The van der Waals surface area contributed by atoms with Gasteiger partial charge in [0.1, 0.15) is 5.75 Å². The van der Waals surface area contributed by atoms with Gasteiger partial charge in [0.25, 0.3) is 0 Å². The zero-order valence-electron chi connectivity index (χ0n) is 13.5. The molecule has 0 radical (unpaired) electrons. The SMILES string of the molecule is COCCN1CC(C)CC2c3cccc(OC)c3CCC21. The van der Waals surface area contributed by atoms with Crippen LogP contribution in [0.25, 0.3) is 0 Å². The van der Waals surface area contributed by atoms with E-state index in [-0.39, 0.29) is 0 Å². The van der Waals surface area contributed by atoms with Gasteiger partial charge < -0.3 is 9.47 Å². The summed E-state index contributed by atoms with van der Waals surface area (Å²) in [5.41, 5.74) is 2.97. The summed E-state index contributed by atoms with van der Waals surface area (Å²) in [7, 11) is 3.59. The van der Waals surface area contributed by atoms with Crippen molar-refractivity contribution in [2.45, 2.75) is 38.1 Å². The summed E-state index contributed by atoms with van der Waals surface area (Å²) in [6.45, 7) is 5.48. The van der Waals surface area contributed by atoms with Crippen LogP contribution in [-0.2, 0) is 11.2 Å². The first-order valence-corrected chi connectivity index (χ1v) is 8.13. The molecule has 1 aliphatic carbocycles. The Morgan fingerprint density at radius 1 is 1.29 bits per heavy atom. The largest absolute Gasteiger partial charge is 0.496 e. The first-order valence-electron chi connectivity index (χ1n) is 8.13. The average molecular weight is 289 g/mol. The Kier molecular flexibility index (Phi) is 4.51. The minimum absolute atomic E-state index is 0.657. The first kappa shape index (κ1) is 14.9. The third kappa shape index (κ3) is 2.82. The van der Waals surface area contributed by atoms with Crippen LogP contribution >= 0.6 is 0 Å². The fraction of sp³-hybridized carbons (Fsp3) is 0.667. The zero-order chi connectivity index (χ0) is 14.8. The maximum absolute atomic E-state index is 5.58. The number of benzene rings is 1. The van der Waals surface area contributed by atoms with Gasteiger partial charge in [0, 0.05) is 32.2 Å². The number of piperidine rings is 1. The summed E-state index contributed by atoms with van der Waals surface area (Å²) in [5.74, 6) is 2.48. The third-order valence-corrected chi connectivity index (χ3v) is 5.20. The summed E-state index contributed by atoms with van der Waals surface area (Å²) in [6.07, 6.45) is 3.68. The minimum Gasteiger partial charge on any atom is -0.496 e. The molecule has 3 rings (SSSR count). The molecule has 0 spiro atoms. The van der Waals surface area contributed by atoms with Gasteiger partial charge in [-0.2, -0.15) is 0 Å². The Bertz CT molecular complexity index is 488. The van der Waals surface area contributed by atoms with Gasteiger partial charge in [-0.25, -0.2) is 0 Å². The van der Waals surface area contributed by atoms with Gasteiger partial charge in [0.05, 0.1) is 13.7 Å². The highest BCUT2D eigenvalue weighted by Gasteiger charge is 2.39. The van der Waals surface area contributed by atoms with Gasteiger partial charge in [-0.3, -0.25) is 4.90 Å². The highest BCUT2D eigenvalue weighted by Crippen LogP contribution is 2.44. The summed E-state index contributed by atoms with van der Waals surface area (Å²) in [6, 6.07) is 7.25. The first-order chi connectivity index (χ1) is 10.2. The number of hydrogen-bond donors (Lipinski definition) is 0. The molecule has 2 aliphatic rings. The van der Waals surface area contributed by atoms with Crippen LogP contribution in [-0.4, -0.2) is 44.9 Å². The van der Waals surface area contributed by atoms with Crippen molar-refractivity contribution in [2.75, 3.05) is 33.9 Å². The molecule has 0 aromatic heterocycles. The van der Waals surface area contributed by atoms with Gasteiger partial charge in [-0.05, 0) is 42.4 Å². The zero-order valence-corrected chi connectivity index (χ0v) is 13.5. The second kappa shape index (κ2) is 6.37. The predicted octanol–water partition coefficient (Wildman–Crippen LogP) is 3.08. The lowest BCUT2D eigenvalue weighted by Gasteiger charge is -2.47. The quantitative estimate of drug-likeness (QED) is 0.850. The number of methoxy groups -OCH3 is 2. The van der Waals surface area contributed by atoms with Gasteiger partial charge in [-0.1, -0.05) is 19.1 Å². The molecule has 3 heteroatoms. The van der Waals surface area contributed by atoms with Crippen molar-refractivity contribution in [2.24, 2.45) is 5.92 Å². The molecule has 3 nitrogen and oxygen atoms in total. The predicted molar refractivity (Wildman–Crippen MR) is 85.1 cm³/mol. The standard InChI is InChI=1S/C18H27NO2/c1-13-11-16-14-5-4-6-18(21-3)15(14)7-8-17(16)19(12-13)9-10-20-2/h4-6,13,16-17H,7-12H2,1-3H3. The molecular formula is C18H27NO2. The molecule has 3 atom stereocenters. The number of rotatable bonds is 4. The minimum atomic E-state index is 0.657. The van der Waals surface area contributed by atoms with Crippen molar-refractivity contribution in [1.82, 2.24) is 4.90 Å². The van der Waals surface area contributed by atoms with Crippen molar-refractivity contribution in [3.05, 3.63) is 29.3 Å². The van der Waals surface area contributed by atoms with Crippen LogP contribution < -0.4 is 4.74 Å². The molecule has 0 N–H and O–H groups in total. The highest BCUT2D eigenvalue weighted by molar-refractivity contribution is 5.45. The Balaban J connectivity index is 1.89. The van der Waals surface area contributed by atoms with E-state index < -0.39 is 0 Å². The van der Waals surface area contributed by atoms with Gasteiger partial charge >= 0.3 is 0 Å². The van der Waals surface area contributed by atoms with Crippen LogP contribution in [0.15, 0.2) is 18.2 Å². The molecule has 1 fully saturated rings. The molecule has 1 aliphatic heterocycles. The van der Waals surface area contributed by atoms with Crippen LogP contribution in [0.5, 0.6) is 5.75 Å². The summed E-state index contributed by atoms with van der Waals surface area (Å²) < 4.78 is 10.9. The Labute approximate surface area is 128 Å². The van der Waals surface area contributed by atoms with E-state index in [0.29, 0.717) is 12.0 Å². The lowest BCUT2D eigenvalue weighted by Crippen LogP contribution is -2.50. The molecule has 0 saturated carbocycles. The van der Waals surface area contributed by atoms with E-state index in [4.69, 9.17) is 9.47 Å². The summed E-state index contributed by atoms with van der Waals surface area (Å²) in [4.78, 5) is 2.66. The van der Waals surface area contributed by atoms with Crippen molar-refractivity contribution < 1.29 is 9.47 Å². The molecule has 21 heavy (non-hydrogen) atoms. The molecular weight excluding hydrogens is 262 g/mol. The summed E-state index contributed by atoms with van der Waals surface area (Å²) in [5, 5.41) is 0. The molecule has 116 valence electrons. The second-order valence-electron chi connectivity index (χ2n) is 6.57. The Hall–Kier alpha value is -1.06. The molecule has 1 aromatic rings. The van der Waals surface area contributed by atoms with E-state index in [1.807, 2.05) is 0 Å². The molecule has 0 amide bonds. The van der Waals surface area contributed by atoms with Crippen molar-refractivity contribution in [3.8, 4) is 5.75 Å². The summed E-state index contributed by atoms with van der Waals surface area (Å²) >= 11 is 0. The van der Waals surface area contributed by atoms with E-state index in [9.17, 15) is 0 Å². The van der Waals surface area contributed by atoms with Crippen molar-refractivity contribution in [3.63, 3.8) is 0 Å². The van der Waals surface area contributed by atoms with Crippen LogP contribution in [0.2, 0.25) is 0 Å². The smallest absolute Gasteiger partial charge is 0.122 e. The van der Waals surface area contributed by atoms with E-state index in [0.717, 1.165) is 31.2 Å².